The zero-order chi connectivity index (χ0) is 9.68. The van der Waals surface area contributed by atoms with Crippen LogP contribution in [0.3, 0.4) is 0 Å². The first-order chi connectivity index (χ1) is 6.29. The molecule has 0 fully saturated rings. The van der Waals surface area contributed by atoms with Crippen LogP contribution in [0.1, 0.15) is 5.56 Å². The Balaban J connectivity index is 3.13. The molecule has 0 aliphatic rings. The van der Waals surface area contributed by atoms with Crippen LogP contribution in [0.4, 0.5) is 0 Å². The van der Waals surface area contributed by atoms with Crippen LogP contribution in [0.5, 0.6) is 0 Å². The maximum Gasteiger partial charge on any atom is 0.109 e. The number of hydrogen-bond donors (Lipinski definition) is 1. The Morgan fingerprint density at radius 1 is 1.46 bits per heavy atom. The number of aliphatic imine (C=N–C) groups is 1. The fraction of sp³-hybridized carbons (Fsp3) is 0.111. The fourth-order valence-electron chi connectivity index (χ4n) is 0.964. The lowest BCUT2D eigenvalue weighted by molar-refractivity contribution is 1.25. The van der Waals surface area contributed by atoms with Crippen LogP contribution in [0.2, 0.25) is 5.02 Å². The molecule has 0 spiro atoms. The van der Waals surface area contributed by atoms with Gasteiger partial charge in [0, 0.05) is 18.8 Å². The van der Waals surface area contributed by atoms with E-state index < -0.39 is 0 Å². The molecule has 0 saturated heterocycles. The van der Waals surface area contributed by atoms with Gasteiger partial charge in [-0.3, -0.25) is 4.99 Å². The van der Waals surface area contributed by atoms with Gasteiger partial charge in [0.1, 0.15) is 5.71 Å². The summed E-state index contributed by atoms with van der Waals surface area (Å²) < 4.78 is 0. The largest absolute Gasteiger partial charge is 0.323 e. The predicted molar refractivity (Wildman–Crippen MR) is 56.6 cm³/mol. The molecule has 0 bridgehead atoms. The lowest BCUT2D eigenvalue weighted by Crippen LogP contribution is -2.06. The molecule has 0 heterocycles. The minimum atomic E-state index is 0.577. The first-order valence-electron chi connectivity index (χ1n) is 3.74. The van der Waals surface area contributed by atoms with E-state index >= 15 is 0 Å². The molecule has 0 atom stereocenters. The highest BCUT2D eigenvalue weighted by atomic mass is 35.5. The van der Waals surface area contributed by atoms with E-state index in [9.17, 15) is 0 Å². The molecule has 3 nitrogen and oxygen atoms in total. The van der Waals surface area contributed by atoms with Crippen molar-refractivity contribution >= 4 is 23.5 Å². The highest BCUT2D eigenvalue weighted by molar-refractivity contribution is 6.43. The van der Waals surface area contributed by atoms with Crippen molar-refractivity contribution in [1.82, 2.24) is 0 Å². The number of halogens is 1. The molecule has 0 saturated carbocycles. The third kappa shape index (κ3) is 2.29. The molecule has 4 heteroatoms. The van der Waals surface area contributed by atoms with Gasteiger partial charge in [0.05, 0.1) is 5.02 Å². The zero-order valence-electron chi connectivity index (χ0n) is 7.24. The number of nitrogens with zero attached hydrogens (tertiary/aromatic N) is 2. The Bertz CT molecular complexity index is 344. The van der Waals surface area contributed by atoms with Gasteiger partial charge >= 0.3 is 0 Å². The van der Waals surface area contributed by atoms with E-state index in [1.54, 1.807) is 19.3 Å². The molecule has 0 unspecified atom stereocenters. The quantitative estimate of drug-likeness (QED) is 0.436. The minimum absolute atomic E-state index is 0.577. The number of rotatable bonds is 2. The van der Waals surface area contributed by atoms with E-state index in [2.05, 4.69) is 10.1 Å². The van der Waals surface area contributed by atoms with Crippen LogP contribution in [0.25, 0.3) is 0 Å². The van der Waals surface area contributed by atoms with E-state index in [-0.39, 0.29) is 0 Å². The molecule has 1 rings (SSSR count). The molecule has 1 aromatic carbocycles. The normalized spacial score (nSPS) is 12.3. The van der Waals surface area contributed by atoms with Crippen LogP contribution >= 0.6 is 11.6 Å². The Morgan fingerprint density at radius 2 is 2.15 bits per heavy atom. The van der Waals surface area contributed by atoms with Crippen LogP contribution in [0, 0.1) is 0 Å². The van der Waals surface area contributed by atoms with E-state index in [0.29, 0.717) is 10.7 Å². The van der Waals surface area contributed by atoms with Crippen molar-refractivity contribution in [3.63, 3.8) is 0 Å². The van der Waals surface area contributed by atoms with Gasteiger partial charge in [-0.25, -0.2) is 0 Å². The lowest BCUT2D eigenvalue weighted by Gasteiger charge is -2.00. The van der Waals surface area contributed by atoms with Crippen molar-refractivity contribution in [1.29, 1.82) is 0 Å². The maximum absolute atomic E-state index is 5.94. The molecule has 2 N–H and O–H groups in total. The van der Waals surface area contributed by atoms with Gasteiger partial charge < -0.3 is 5.84 Å². The molecule has 0 amide bonds. The van der Waals surface area contributed by atoms with Gasteiger partial charge in [0.25, 0.3) is 0 Å². The van der Waals surface area contributed by atoms with Gasteiger partial charge in [-0.2, -0.15) is 5.10 Å². The van der Waals surface area contributed by atoms with Gasteiger partial charge in [-0.15, -0.1) is 0 Å². The lowest BCUT2D eigenvalue weighted by atomic mass is 10.1. The van der Waals surface area contributed by atoms with Crippen molar-refractivity contribution in [3.05, 3.63) is 34.9 Å². The van der Waals surface area contributed by atoms with Gasteiger partial charge in [0.15, 0.2) is 0 Å². The van der Waals surface area contributed by atoms with E-state index in [4.69, 9.17) is 17.4 Å². The van der Waals surface area contributed by atoms with Crippen LogP contribution in [-0.4, -0.2) is 19.0 Å². The molecular formula is C9H10ClN3. The summed E-state index contributed by atoms with van der Waals surface area (Å²) in [6.07, 6.45) is 1.57. The Kier molecular flexibility index (Phi) is 3.46. The number of hydrogen-bond acceptors (Lipinski definition) is 3. The van der Waals surface area contributed by atoms with Gasteiger partial charge in [0.2, 0.25) is 0 Å². The molecule has 1 aromatic rings. The molecular weight excluding hydrogens is 186 g/mol. The topological polar surface area (TPSA) is 50.7 Å². The van der Waals surface area contributed by atoms with Gasteiger partial charge in [-0.1, -0.05) is 29.8 Å². The number of hydrazone groups is 1. The summed E-state index contributed by atoms with van der Waals surface area (Å²) in [5.74, 6) is 5.20. The van der Waals surface area contributed by atoms with Crippen molar-refractivity contribution < 1.29 is 0 Å². The van der Waals surface area contributed by atoms with E-state index in [1.165, 1.54) is 0 Å². The van der Waals surface area contributed by atoms with Crippen LogP contribution < -0.4 is 5.84 Å². The van der Waals surface area contributed by atoms with E-state index in [1.807, 2.05) is 18.2 Å². The van der Waals surface area contributed by atoms with Crippen molar-refractivity contribution in [2.75, 3.05) is 7.05 Å². The summed E-state index contributed by atoms with van der Waals surface area (Å²) >= 11 is 5.94. The van der Waals surface area contributed by atoms with Crippen molar-refractivity contribution in [3.8, 4) is 0 Å². The Hall–Kier alpha value is -1.35. The minimum Gasteiger partial charge on any atom is -0.323 e. The highest BCUT2D eigenvalue weighted by Crippen LogP contribution is 2.14. The molecule has 0 aliphatic carbocycles. The maximum atomic E-state index is 5.94. The third-order valence-corrected chi connectivity index (χ3v) is 1.87. The molecule has 0 aromatic heterocycles. The average Bonchev–Trinajstić information content (AvgIpc) is 2.16. The fourth-order valence-corrected chi connectivity index (χ4v) is 1.20. The highest BCUT2D eigenvalue weighted by Gasteiger charge is 2.03. The number of benzene rings is 1. The molecule has 0 aliphatic heterocycles. The summed E-state index contributed by atoms with van der Waals surface area (Å²) in [4.78, 5) is 3.83. The Labute approximate surface area is 81.9 Å². The smallest absolute Gasteiger partial charge is 0.109 e. The van der Waals surface area contributed by atoms with Crippen LogP contribution in [0.15, 0.2) is 34.4 Å². The first-order valence-corrected chi connectivity index (χ1v) is 4.12. The zero-order valence-corrected chi connectivity index (χ0v) is 7.99. The van der Waals surface area contributed by atoms with Crippen molar-refractivity contribution in [2.24, 2.45) is 15.9 Å². The number of nitrogens with two attached hydrogens (primary N) is 1. The average molecular weight is 196 g/mol. The molecule has 68 valence electrons. The summed E-state index contributed by atoms with van der Waals surface area (Å²) in [5.41, 5.74) is 1.37. The second-order valence-electron chi connectivity index (χ2n) is 2.38. The Morgan fingerprint density at radius 3 is 2.69 bits per heavy atom. The summed E-state index contributed by atoms with van der Waals surface area (Å²) in [7, 11) is 1.65. The summed E-state index contributed by atoms with van der Waals surface area (Å²) in [6, 6.07) is 7.35. The monoisotopic (exact) mass is 195 g/mol. The van der Waals surface area contributed by atoms with Gasteiger partial charge in [-0.05, 0) is 6.07 Å². The van der Waals surface area contributed by atoms with E-state index in [0.717, 1.165) is 5.56 Å². The third-order valence-electron chi connectivity index (χ3n) is 1.54. The standard InChI is InChI=1S/C9H10ClN3/c1-12-6-9(13-11)7-4-2-3-5-8(7)10/h2-6H,11H2,1H3. The SMILES string of the molecule is CN=CC(=NN)c1ccccc1Cl. The van der Waals surface area contributed by atoms with Crippen molar-refractivity contribution in [2.45, 2.75) is 0 Å². The summed E-state index contributed by atoms with van der Waals surface area (Å²) in [6.45, 7) is 0. The second kappa shape index (κ2) is 4.62. The second-order valence-corrected chi connectivity index (χ2v) is 2.79. The van der Waals surface area contributed by atoms with Crippen LogP contribution in [-0.2, 0) is 0 Å². The first kappa shape index (κ1) is 9.74. The molecule has 0 radical (unpaired) electrons. The summed E-state index contributed by atoms with van der Waals surface area (Å²) in [5, 5.41) is 4.21. The predicted octanol–water partition coefficient (Wildman–Crippen LogP) is 1.70. The molecule has 13 heavy (non-hydrogen) atoms.